The lowest BCUT2D eigenvalue weighted by Crippen LogP contribution is -2.28. The Morgan fingerprint density at radius 3 is 2.64 bits per heavy atom. The molecule has 2 aromatic carbocycles. The Labute approximate surface area is 165 Å². The molecule has 0 saturated heterocycles. The Morgan fingerprint density at radius 2 is 1.93 bits per heavy atom. The van der Waals surface area contributed by atoms with Crippen molar-refractivity contribution in [3.63, 3.8) is 0 Å². The monoisotopic (exact) mass is 382 g/mol. The van der Waals surface area contributed by atoms with Crippen LogP contribution in [0, 0.1) is 12.7 Å². The molecular formula is C22H27FN4O. The Hall–Kier alpha value is -2.86. The van der Waals surface area contributed by atoms with E-state index in [0.29, 0.717) is 16.8 Å². The van der Waals surface area contributed by atoms with E-state index in [1.165, 1.54) is 12.1 Å². The topological polar surface area (TPSA) is 56.4 Å². The van der Waals surface area contributed by atoms with Gasteiger partial charge in [0.25, 0.3) is 5.91 Å². The highest BCUT2D eigenvalue weighted by molar-refractivity contribution is 6.31. The minimum absolute atomic E-state index is 0.237. The number of rotatable bonds is 8. The lowest BCUT2D eigenvalue weighted by atomic mass is 10.1. The van der Waals surface area contributed by atoms with Crippen LogP contribution in [-0.2, 0) is 4.79 Å². The van der Waals surface area contributed by atoms with Crippen LogP contribution < -0.4 is 16.0 Å². The molecule has 0 bridgehead atoms. The number of benzene rings is 2. The quantitative estimate of drug-likeness (QED) is 0.596. The highest BCUT2D eigenvalue weighted by atomic mass is 19.1. The number of carbonyl (C=O) groups is 1. The van der Waals surface area contributed by atoms with Gasteiger partial charge in [-0.05, 0) is 62.0 Å². The molecule has 0 saturated carbocycles. The van der Waals surface area contributed by atoms with Crippen LogP contribution in [0.4, 0.5) is 21.5 Å². The zero-order valence-electron chi connectivity index (χ0n) is 16.6. The first-order chi connectivity index (χ1) is 13.5. The number of nitrogens with one attached hydrogen (secondary N) is 3. The molecule has 6 heteroatoms. The standard InChI is InChI=1S/C22H27FN4O/c1-4-27(5-2)11-10-24-20-9-7-17(12-15(20)3)25-14-19-18-8-6-16(23)13-21(18)26-22(19)28/h6-9,12-14,24-25H,4-5,10-11H2,1-3H3,(H,26,28)/b19-14+. The highest BCUT2D eigenvalue weighted by Gasteiger charge is 2.24. The summed E-state index contributed by atoms with van der Waals surface area (Å²) in [6.45, 7) is 10.4. The van der Waals surface area contributed by atoms with Gasteiger partial charge in [0.15, 0.2) is 0 Å². The third-order valence-corrected chi connectivity index (χ3v) is 5.01. The van der Waals surface area contributed by atoms with Crippen LogP contribution >= 0.6 is 0 Å². The minimum Gasteiger partial charge on any atom is -0.384 e. The fraction of sp³-hybridized carbons (Fsp3) is 0.318. The van der Waals surface area contributed by atoms with Crippen molar-refractivity contribution in [2.75, 3.05) is 42.1 Å². The predicted octanol–water partition coefficient (Wildman–Crippen LogP) is 4.29. The number of likely N-dealkylation sites (N-methyl/N-ethyl adjacent to an activating group) is 1. The van der Waals surface area contributed by atoms with Crippen LogP contribution in [0.1, 0.15) is 25.0 Å². The van der Waals surface area contributed by atoms with Gasteiger partial charge < -0.3 is 20.9 Å². The normalized spacial score (nSPS) is 14.3. The summed E-state index contributed by atoms with van der Waals surface area (Å²) in [6, 6.07) is 10.4. The molecule has 0 atom stereocenters. The summed E-state index contributed by atoms with van der Waals surface area (Å²) >= 11 is 0. The Balaban J connectivity index is 1.65. The molecule has 3 rings (SSSR count). The smallest absolute Gasteiger partial charge is 0.257 e. The van der Waals surface area contributed by atoms with Gasteiger partial charge in [-0.15, -0.1) is 0 Å². The van der Waals surface area contributed by atoms with Gasteiger partial charge in [0, 0.05) is 36.2 Å². The lowest BCUT2D eigenvalue weighted by molar-refractivity contribution is -0.110. The first-order valence-electron chi connectivity index (χ1n) is 9.66. The average Bonchev–Trinajstić information content (AvgIpc) is 2.99. The van der Waals surface area contributed by atoms with Gasteiger partial charge in [-0.3, -0.25) is 4.79 Å². The number of aryl methyl sites for hydroxylation is 1. The van der Waals surface area contributed by atoms with Crippen molar-refractivity contribution >= 4 is 28.5 Å². The first kappa shape index (κ1) is 19.9. The Morgan fingerprint density at radius 1 is 1.14 bits per heavy atom. The van der Waals surface area contributed by atoms with Crippen molar-refractivity contribution in [3.05, 3.63) is 59.5 Å². The van der Waals surface area contributed by atoms with Gasteiger partial charge in [0.05, 0.1) is 11.3 Å². The zero-order valence-corrected chi connectivity index (χ0v) is 16.6. The van der Waals surface area contributed by atoms with E-state index in [0.717, 1.165) is 43.1 Å². The number of hydrogen-bond donors (Lipinski definition) is 3. The van der Waals surface area contributed by atoms with E-state index >= 15 is 0 Å². The third kappa shape index (κ3) is 4.51. The summed E-state index contributed by atoms with van der Waals surface area (Å²) in [5.74, 6) is -0.604. The summed E-state index contributed by atoms with van der Waals surface area (Å²) in [4.78, 5) is 14.5. The number of nitrogens with zero attached hydrogens (tertiary/aromatic N) is 1. The van der Waals surface area contributed by atoms with Gasteiger partial charge in [-0.1, -0.05) is 13.8 Å². The molecule has 28 heavy (non-hydrogen) atoms. The lowest BCUT2D eigenvalue weighted by Gasteiger charge is -2.19. The van der Waals surface area contributed by atoms with Crippen molar-refractivity contribution in [2.45, 2.75) is 20.8 Å². The second-order valence-corrected chi connectivity index (χ2v) is 6.83. The molecule has 3 N–H and O–H groups in total. The molecule has 0 spiro atoms. The van der Waals surface area contributed by atoms with E-state index < -0.39 is 0 Å². The fourth-order valence-corrected chi connectivity index (χ4v) is 3.31. The molecule has 0 unspecified atom stereocenters. The van der Waals surface area contributed by atoms with Gasteiger partial charge in [0.2, 0.25) is 0 Å². The SMILES string of the molecule is CCN(CC)CCNc1ccc(N/C=C2/C(=O)Nc3cc(F)ccc32)cc1C. The van der Waals surface area contributed by atoms with Gasteiger partial charge in [-0.25, -0.2) is 4.39 Å². The molecule has 0 fully saturated rings. The maximum Gasteiger partial charge on any atom is 0.257 e. The summed E-state index contributed by atoms with van der Waals surface area (Å²) in [5.41, 5.74) is 4.81. The average molecular weight is 382 g/mol. The van der Waals surface area contributed by atoms with E-state index in [2.05, 4.69) is 41.6 Å². The molecule has 1 aliphatic heterocycles. The van der Waals surface area contributed by atoms with E-state index in [4.69, 9.17) is 0 Å². The minimum atomic E-state index is -0.368. The molecular weight excluding hydrogens is 355 g/mol. The molecule has 1 amide bonds. The number of halogens is 1. The van der Waals surface area contributed by atoms with Crippen LogP contribution in [0.25, 0.3) is 5.57 Å². The fourth-order valence-electron chi connectivity index (χ4n) is 3.31. The Bertz CT molecular complexity index is 890. The van der Waals surface area contributed by atoms with Crippen LogP contribution in [-0.4, -0.2) is 37.0 Å². The largest absolute Gasteiger partial charge is 0.384 e. The van der Waals surface area contributed by atoms with Crippen molar-refractivity contribution < 1.29 is 9.18 Å². The highest BCUT2D eigenvalue weighted by Crippen LogP contribution is 2.32. The second-order valence-electron chi connectivity index (χ2n) is 6.83. The predicted molar refractivity (Wildman–Crippen MR) is 114 cm³/mol. The maximum atomic E-state index is 13.3. The number of carbonyl (C=O) groups excluding carboxylic acids is 1. The Kier molecular flexibility index (Phi) is 6.31. The number of hydrogen-bond acceptors (Lipinski definition) is 4. The van der Waals surface area contributed by atoms with E-state index in [1.807, 2.05) is 18.2 Å². The van der Waals surface area contributed by atoms with Crippen molar-refractivity contribution in [3.8, 4) is 0 Å². The molecule has 1 heterocycles. The van der Waals surface area contributed by atoms with Crippen molar-refractivity contribution in [1.82, 2.24) is 4.90 Å². The van der Waals surface area contributed by atoms with E-state index in [1.54, 1.807) is 12.3 Å². The van der Waals surface area contributed by atoms with Crippen molar-refractivity contribution in [2.24, 2.45) is 0 Å². The summed E-state index contributed by atoms with van der Waals surface area (Å²) in [5, 5.41) is 9.34. The van der Waals surface area contributed by atoms with Crippen LogP contribution in [0.2, 0.25) is 0 Å². The molecule has 0 aromatic heterocycles. The molecule has 2 aromatic rings. The zero-order chi connectivity index (χ0) is 20.1. The number of anilines is 3. The van der Waals surface area contributed by atoms with Gasteiger partial charge in [-0.2, -0.15) is 0 Å². The van der Waals surface area contributed by atoms with E-state index in [-0.39, 0.29) is 11.7 Å². The van der Waals surface area contributed by atoms with Gasteiger partial charge >= 0.3 is 0 Å². The third-order valence-electron chi connectivity index (χ3n) is 5.01. The van der Waals surface area contributed by atoms with Crippen LogP contribution in [0.5, 0.6) is 0 Å². The summed E-state index contributed by atoms with van der Waals surface area (Å²) < 4.78 is 13.3. The van der Waals surface area contributed by atoms with Crippen LogP contribution in [0.15, 0.2) is 42.6 Å². The number of fused-ring (bicyclic) bond motifs is 1. The van der Waals surface area contributed by atoms with E-state index in [9.17, 15) is 9.18 Å². The molecule has 5 nitrogen and oxygen atoms in total. The second kappa shape index (κ2) is 8.89. The van der Waals surface area contributed by atoms with Crippen molar-refractivity contribution in [1.29, 1.82) is 0 Å². The summed E-state index contributed by atoms with van der Waals surface area (Å²) in [6.07, 6.45) is 1.67. The first-order valence-corrected chi connectivity index (χ1v) is 9.66. The van der Waals surface area contributed by atoms with Gasteiger partial charge in [0.1, 0.15) is 5.82 Å². The molecule has 0 radical (unpaired) electrons. The number of amides is 1. The molecule has 1 aliphatic rings. The molecule has 148 valence electrons. The maximum absolute atomic E-state index is 13.3. The molecule has 0 aliphatic carbocycles. The summed E-state index contributed by atoms with van der Waals surface area (Å²) in [7, 11) is 0. The van der Waals surface area contributed by atoms with Crippen LogP contribution in [0.3, 0.4) is 0 Å².